The van der Waals surface area contributed by atoms with Crippen LogP contribution in [0.3, 0.4) is 0 Å². The van der Waals surface area contributed by atoms with E-state index in [9.17, 15) is 0 Å². The molecule has 0 saturated carbocycles. The molecule has 9 aromatic carbocycles. The molecule has 0 atom stereocenters. The number of halogens is 2. The van der Waals surface area contributed by atoms with Gasteiger partial charge >= 0.3 is 383 Å². The molecule has 0 aliphatic heterocycles. The molecule has 9 rings (SSSR count). The number of hydrogen-bond acceptors (Lipinski definition) is 3. The molecule has 0 unspecified atom stereocenters. The van der Waals surface area contributed by atoms with Gasteiger partial charge in [-0.2, -0.15) is 0 Å². The first-order valence-corrected chi connectivity index (χ1v) is 32.8. The van der Waals surface area contributed by atoms with Crippen LogP contribution in [-0.2, 0) is 14.8 Å². The van der Waals surface area contributed by atoms with Gasteiger partial charge < -0.3 is 0 Å². The Hall–Kier alpha value is -6.30. The van der Waals surface area contributed by atoms with Crippen molar-refractivity contribution in [2.75, 3.05) is 0 Å². The molecule has 310 valence electrons. The number of hydrogen-bond donors (Lipinski definition) is 0. The van der Waals surface area contributed by atoms with Crippen LogP contribution in [-0.4, -0.2) is 0 Å². The summed E-state index contributed by atoms with van der Waals surface area (Å²) in [5.74, 6) is 1.37. The summed E-state index contributed by atoms with van der Waals surface area (Å²) in [5, 5.41) is 0. The quantitative estimate of drug-likeness (QED) is 0.122. The van der Waals surface area contributed by atoms with Gasteiger partial charge in [0.15, 0.2) is 0 Å². The van der Waals surface area contributed by atoms with Crippen LogP contribution < -0.4 is 9.73 Å². The summed E-state index contributed by atoms with van der Waals surface area (Å²) >= 11 is -7.02. The normalized spacial score (nSPS) is 11.9. The van der Waals surface area contributed by atoms with Gasteiger partial charge in [-0.3, -0.25) is 0 Å². The van der Waals surface area contributed by atoms with Gasteiger partial charge in [0.1, 0.15) is 0 Å². The zero-order valence-corrected chi connectivity index (χ0v) is 39.9. The molecule has 0 spiro atoms. The fourth-order valence-corrected chi connectivity index (χ4v) is 17.1. The van der Waals surface area contributed by atoms with Crippen LogP contribution in [0.4, 0.5) is 0 Å². The molecule has 0 bridgehead atoms. The second-order valence-electron chi connectivity index (χ2n) is 15.7. The van der Waals surface area contributed by atoms with Gasteiger partial charge in [-0.1, -0.05) is 0 Å². The first kappa shape index (κ1) is 42.0. The van der Waals surface area contributed by atoms with E-state index in [0.717, 1.165) is 83.5 Å². The molecule has 0 aromatic heterocycles. The second kappa shape index (κ2) is 17.8. The van der Waals surface area contributed by atoms with Gasteiger partial charge in [0.2, 0.25) is 0 Å². The molecule has 0 aliphatic carbocycles. The Morgan fingerprint density at radius 2 is 0.429 bits per heavy atom. The van der Waals surface area contributed by atoms with Crippen molar-refractivity contribution in [3.05, 3.63) is 235 Å². The minimum atomic E-state index is -7.02. The van der Waals surface area contributed by atoms with E-state index in [0.29, 0.717) is 17.2 Å². The van der Waals surface area contributed by atoms with Gasteiger partial charge in [-0.15, -0.1) is 0 Å². The van der Waals surface area contributed by atoms with Crippen molar-refractivity contribution in [2.45, 2.75) is 20.8 Å². The summed E-state index contributed by atoms with van der Waals surface area (Å²) in [6.45, 7) is 6.25. The predicted molar refractivity (Wildman–Crippen MR) is 260 cm³/mol. The van der Waals surface area contributed by atoms with E-state index >= 15 is 0 Å². The summed E-state index contributed by atoms with van der Waals surface area (Å²) in [7, 11) is 16.8. The summed E-state index contributed by atoms with van der Waals surface area (Å²) in [4.78, 5) is 0. The Bertz CT molecular complexity index is 2510. The van der Waals surface area contributed by atoms with E-state index < -0.39 is 14.8 Å². The number of rotatable bonds is 12. The van der Waals surface area contributed by atoms with Crippen LogP contribution in [0, 0.1) is 20.8 Å². The third-order valence-electron chi connectivity index (χ3n) is 10.9. The zero-order chi connectivity index (χ0) is 43.4. The fourth-order valence-electron chi connectivity index (χ4n) is 8.09. The number of benzene rings is 9. The van der Waals surface area contributed by atoms with E-state index in [4.69, 9.17) is 28.1 Å². The summed E-state index contributed by atoms with van der Waals surface area (Å²) in [6, 6.07) is 73.5. The first-order chi connectivity index (χ1) is 30.6. The molecule has 0 amide bonds. The average Bonchev–Trinajstić information content (AvgIpc) is 3.32. The number of aryl methyl sites for hydroxylation is 3. The van der Waals surface area contributed by atoms with Crippen LogP contribution in [0.5, 0.6) is 17.2 Å². The Morgan fingerprint density at radius 3 is 0.587 bits per heavy atom. The standard InChI is InChI=1S/3C19H16O.2ClH.Ta/c3*1-14-12-17(15-8-4-2-5-9-15)19(20)18(13-14)16-10-6-3-7-11-16;;;/h3*2-13,20H,1H3;2*1H;/q;;;;;+5/p-5. The van der Waals surface area contributed by atoms with E-state index in [-0.39, 0.29) is 0 Å². The van der Waals surface area contributed by atoms with Crippen molar-refractivity contribution < 1.29 is 24.6 Å². The Kier molecular flexibility index (Phi) is 11.9. The summed E-state index contributed by atoms with van der Waals surface area (Å²) in [6.07, 6.45) is 0. The van der Waals surface area contributed by atoms with E-state index in [2.05, 4.69) is 130 Å². The molecule has 0 radical (unpaired) electrons. The molecule has 63 heavy (non-hydrogen) atoms. The fraction of sp³-hybridized carbons (Fsp3) is 0.0526. The Labute approximate surface area is 380 Å². The van der Waals surface area contributed by atoms with E-state index in [1.165, 1.54) is 0 Å². The second-order valence-corrected chi connectivity index (χ2v) is 33.7. The molecule has 6 heteroatoms. The van der Waals surface area contributed by atoms with Crippen LogP contribution in [0.15, 0.2) is 218 Å². The first-order valence-electron chi connectivity index (χ1n) is 20.9. The molecule has 9 aromatic rings. The summed E-state index contributed by atoms with van der Waals surface area (Å²) in [5.41, 5.74) is 13.5. The van der Waals surface area contributed by atoms with Gasteiger partial charge in [0, 0.05) is 0 Å². The topological polar surface area (TPSA) is 27.7 Å². The van der Waals surface area contributed by atoms with Gasteiger partial charge in [-0.25, -0.2) is 0 Å². The Balaban J connectivity index is 1.37. The Morgan fingerprint density at radius 1 is 0.270 bits per heavy atom. The average molecular weight is 1030 g/mol. The van der Waals surface area contributed by atoms with Crippen molar-refractivity contribution >= 4 is 18.4 Å². The molecule has 0 saturated heterocycles. The van der Waals surface area contributed by atoms with Crippen molar-refractivity contribution in [1.82, 2.24) is 0 Å². The molecular weight excluding hydrogens is 984 g/mol. The monoisotopic (exact) mass is 1030 g/mol. The van der Waals surface area contributed by atoms with Crippen LogP contribution >= 0.6 is 18.4 Å². The van der Waals surface area contributed by atoms with Gasteiger partial charge in [-0.05, 0) is 0 Å². The summed E-state index contributed by atoms with van der Waals surface area (Å²) < 4.78 is 22.6. The molecular formula is C57H45Cl2O3Ta. The van der Waals surface area contributed by atoms with Crippen molar-refractivity contribution in [1.29, 1.82) is 0 Å². The van der Waals surface area contributed by atoms with Crippen molar-refractivity contribution in [3.8, 4) is 84.0 Å². The van der Waals surface area contributed by atoms with Crippen molar-refractivity contribution in [3.63, 3.8) is 0 Å². The van der Waals surface area contributed by atoms with Crippen LogP contribution in [0.2, 0.25) is 0 Å². The van der Waals surface area contributed by atoms with Crippen molar-refractivity contribution in [2.24, 2.45) is 0 Å². The van der Waals surface area contributed by atoms with Crippen LogP contribution in [0.25, 0.3) is 66.8 Å². The molecule has 0 fully saturated rings. The SMILES string of the molecule is Cc1cc(-c2ccccc2)c([O][Ta]([Cl])([Cl])([O]c2c(-c3ccccc3)cc(C)cc2-c2ccccc2)[O]c2c(-c3ccccc3)cc(C)cc2-c2ccccc2)c(-c2ccccc2)c1. The molecule has 0 N–H and O–H groups in total. The van der Waals surface area contributed by atoms with Crippen LogP contribution in [0.1, 0.15) is 16.7 Å². The third-order valence-corrected chi connectivity index (χ3v) is 19.4. The maximum atomic E-state index is 8.39. The predicted octanol–water partition coefficient (Wildman–Crippen LogP) is 16.9. The molecule has 0 heterocycles. The van der Waals surface area contributed by atoms with E-state index in [1.54, 1.807) is 0 Å². The van der Waals surface area contributed by atoms with E-state index in [1.807, 2.05) is 109 Å². The maximum absolute atomic E-state index is 8.39. The van der Waals surface area contributed by atoms with Gasteiger partial charge in [0.25, 0.3) is 0 Å². The minimum absolute atomic E-state index is 0.458. The zero-order valence-electron chi connectivity index (χ0n) is 35.2. The molecule has 3 nitrogen and oxygen atoms in total. The third kappa shape index (κ3) is 9.26. The van der Waals surface area contributed by atoms with Gasteiger partial charge in [0.05, 0.1) is 0 Å². The molecule has 0 aliphatic rings.